The highest BCUT2D eigenvalue weighted by atomic mass is 16.5. The predicted molar refractivity (Wildman–Crippen MR) is 127 cm³/mol. The van der Waals surface area contributed by atoms with Crippen LogP contribution in [0.2, 0.25) is 0 Å². The van der Waals surface area contributed by atoms with Crippen LogP contribution in [0, 0.1) is 6.92 Å². The first kappa shape index (κ1) is 22.5. The molecule has 3 aromatic rings. The number of aryl methyl sites for hydroxylation is 1. The third-order valence-electron chi connectivity index (χ3n) is 5.55. The van der Waals surface area contributed by atoms with Gasteiger partial charge in [0.1, 0.15) is 5.75 Å². The minimum Gasteiger partial charge on any atom is -0.495 e. The van der Waals surface area contributed by atoms with Gasteiger partial charge in [-0.1, -0.05) is 56.2 Å². The van der Waals surface area contributed by atoms with E-state index in [0.29, 0.717) is 24.5 Å². The molecule has 0 unspecified atom stereocenters. The highest BCUT2D eigenvalue weighted by molar-refractivity contribution is 5.90. The summed E-state index contributed by atoms with van der Waals surface area (Å²) in [6, 6.07) is 20.0. The number of nitrogens with one attached hydrogen (secondary N) is 1. The van der Waals surface area contributed by atoms with Crippen molar-refractivity contribution in [1.29, 1.82) is 0 Å². The largest absolute Gasteiger partial charge is 0.495 e. The summed E-state index contributed by atoms with van der Waals surface area (Å²) in [7, 11) is 1.61. The zero-order valence-electron chi connectivity index (χ0n) is 18.8. The van der Waals surface area contributed by atoms with Gasteiger partial charge in [0.25, 0.3) is 0 Å². The Hall–Kier alpha value is -3.21. The Morgan fingerprint density at radius 2 is 1.81 bits per heavy atom. The van der Waals surface area contributed by atoms with Crippen LogP contribution in [-0.2, 0) is 13.1 Å². The van der Waals surface area contributed by atoms with Gasteiger partial charge in [0.2, 0.25) is 0 Å². The summed E-state index contributed by atoms with van der Waals surface area (Å²) in [6.45, 7) is 6.38. The fraction of sp³-hybridized carbons (Fsp3) is 0.346. The number of carbonyl (C=O) groups excluding carboxylic acids is 1. The smallest absolute Gasteiger partial charge is 0.322 e. The van der Waals surface area contributed by atoms with Gasteiger partial charge >= 0.3 is 6.03 Å². The van der Waals surface area contributed by atoms with E-state index in [-0.39, 0.29) is 6.03 Å². The normalized spacial score (nSPS) is 10.7. The third-order valence-corrected chi connectivity index (χ3v) is 5.55. The molecule has 5 heteroatoms. The lowest BCUT2D eigenvalue weighted by Crippen LogP contribution is -2.36. The molecule has 31 heavy (non-hydrogen) atoms. The van der Waals surface area contributed by atoms with E-state index in [1.54, 1.807) is 7.11 Å². The van der Waals surface area contributed by atoms with E-state index >= 15 is 0 Å². The van der Waals surface area contributed by atoms with Crippen LogP contribution in [0.1, 0.15) is 43.0 Å². The summed E-state index contributed by atoms with van der Waals surface area (Å²) in [5.41, 5.74) is 4.37. The van der Waals surface area contributed by atoms with Crippen molar-refractivity contribution in [3.8, 4) is 5.75 Å². The molecular formula is C26H33N3O2. The number of para-hydroxylation sites is 2. The number of unbranched alkanes of at least 4 members (excludes halogenated alkanes) is 2. The number of carbonyl (C=O) groups is 1. The average molecular weight is 420 g/mol. The summed E-state index contributed by atoms with van der Waals surface area (Å²) in [4.78, 5) is 15.1. The Labute approximate surface area is 185 Å². The van der Waals surface area contributed by atoms with Crippen LogP contribution in [0.15, 0.2) is 66.9 Å². The Bertz CT molecular complexity index is 980. The minimum absolute atomic E-state index is 0.107. The lowest BCUT2D eigenvalue weighted by molar-refractivity contribution is 0.206. The molecule has 2 amide bonds. The molecule has 0 saturated carbocycles. The first-order valence-corrected chi connectivity index (χ1v) is 11.0. The molecule has 3 rings (SSSR count). The SMILES string of the molecule is CCCCCN(Cc1cccn1Cc1ccccc1C)C(=O)Nc1ccccc1OC. The van der Waals surface area contributed by atoms with Gasteiger partial charge in [-0.25, -0.2) is 4.79 Å². The molecule has 0 atom stereocenters. The molecule has 0 fully saturated rings. The van der Waals surface area contributed by atoms with Gasteiger partial charge in [-0.15, -0.1) is 0 Å². The molecule has 0 spiro atoms. The maximum Gasteiger partial charge on any atom is 0.322 e. The molecule has 0 saturated heterocycles. The standard InChI is InChI=1S/C26H33N3O2/c1-4-5-10-17-29(26(30)27-24-15-8-9-16-25(24)31-3)20-23-14-11-18-28(23)19-22-13-7-6-12-21(22)2/h6-9,11-16,18H,4-5,10,17,19-20H2,1-3H3,(H,27,30). The van der Waals surface area contributed by atoms with Crippen molar-refractivity contribution >= 4 is 11.7 Å². The molecule has 0 bridgehead atoms. The number of methoxy groups -OCH3 is 1. The maximum atomic E-state index is 13.2. The van der Waals surface area contributed by atoms with Crippen LogP contribution in [0.5, 0.6) is 5.75 Å². The number of nitrogens with zero attached hydrogens (tertiary/aromatic N) is 2. The maximum absolute atomic E-state index is 13.2. The van der Waals surface area contributed by atoms with Gasteiger partial charge in [-0.05, 0) is 48.7 Å². The molecule has 1 heterocycles. The molecule has 0 aliphatic heterocycles. The predicted octanol–water partition coefficient (Wildman–Crippen LogP) is 6.08. The van der Waals surface area contributed by atoms with Gasteiger partial charge in [-0.3, -0.25) is 0 Å². The monoisotopic (exact) mass is 419 g/mol. The van der Waals surface area contributed by atoms with Crippen molar-refractivity contribution in [2.45, 2.75) is 46.2 Å². The van der Waals surface area contributed by atoms with Crippen LogP contribution in [0.4, 0.5) is 10.5 Å². The first-order chi connectivity index (χ1) is 15.1. The van der Waals surface area contributed by atoms with Gasteiger partial charge in [0.15, 0.2) is 0 Å². The molecule has 0 radical (unpaired) electrons. The van der Waals surface area contributed by atoms with Crippen LogP contribution in [-0.4, -0.2) is 29.2 Å². The van der Waals surface area contributed by atoms with Crippen molar-refractivity contribution in [1.82, 2.24) is 9.47 Å². The Kier molecular flexibility index (Phi) is 8.16. The first-order valence-electron chi connectivity index (χ1n) is 11.0. The summed E-state index contributed by atoms with van der Waals surface area (Å²) in [5, 5.41) is 3.03. The number of aromatic nitrogens is 1. The average Bonchev–Trinajstić information content (AvgIpc) is 3.21. The lowest BCUT2D eigenvalue weighted by atomic mass is 10.1. The molecule has 5 nitrogen and oxygen atoms in total. The highest BCUT2D eigenvalue weighted by Gasteiger charge is 2.17. The van der Waals surface area contributed by atoms with E-state index in [1.807, 2.05) is 29.2 Å². The summed E-state index contributed by atoms with van der Waals surface area (Å²) < 4.78 is 7.62. The number of hydrogen-bond donors (Lipinski definition) is 1. The van der Waals surface area contributed by atoms with Gasteiger partial charge in [0.05, 0.1) is 19.3 Å². The molecule has 0 aliphatic carbocycles. The van der Waals surface area contributed by atoms with Crippen LogP contribution in [0.25, 0.3) is 0 Å². The zero-order valence-corrected chi connectivity index (χ0v) is 18.8. The van der Waals surface area contributed by atoms with Gasteiger partial charge in [0, 0.05) is 25.0 Å². The van der Waals surface area contributed by atoms with Crippen LogP contribution >= 0.6 is 0 Å². The molecule has 164 valence electrons. The molecular weight excluding hydrogens is 386 g/mol. The molecule has 2 aromatic carbocycles. The molecule has 1 N–H and O–H groups in total. The number of anilines is 1. The molecule has 1 aromatic heterocycles. The third kappa shape index (κ3) is 6.14. The van der Waals surface area contributed by atoms with Crippen molar-refractivity contribution in [2.24, 2.45) is 0 Å². The number of benzene rings is 2. The summed E-state index contributed by atoms with van der Waals surface area (Å²) >= 11 is 0. The highest BCUT2D eigenvalue weighted by Crippen LogP contribution is 2.24. The second-order valence-corrected chi connectivity index (χ2v) is 7.81. The van der Waals surface area contributed by atoms with Crippen molar-refractivity contribution in [3.05, 3.63) is 83.7 Å². The number of amides is 2. The van der Waals surface area contributed by atoms with E-state index in [1.165, 1.54) is 11.1 Å². The summed E-state index contributed by atoms with van der Waals surface area (Å²) in [5.74, 6) is 0.660. The van der Waals surface area contributed by atoms with Crippen molar-refractivity contribution < 1.29 is 9.53 Å². The Morgan fingerprint density at radius 1 is 1.03 bits per heavy atom. The van der Waals surface area contributed by atoms with Crippen LogP contribution in [0.3, 0.4) is 0 Å². The number of ether oxygens (including phenoxy) is 1. The number of hydrogen-bond acceptors (Lipinski definition) is 2. The van der Waals surface area contributed by atoms with E-state index in [2.05, 4.69) is 66.3 Å². The second kappa shape index (κ2) is 11.3. The summed E-state index contributed by atoms with van der Waals surface area (Å²) in [6.07, 6.45) is 5.28. The second-order valence-electron chi connectivity index (χ2n) is 7.81. The van der Waals surface area contributed by atoms with E-state index in [4.69, 9.17) is 4.74 Å². The van der Waals surface area contributed by atoms with Gasteiger partial charge in [-0.2, -0.15) is 0 Å². The topological polar surface area (TPSA) is 46.5 Å². The quantitative estimate of drug-likeness (QED) is 0.405. The Balaban J connectivity index is 1.76. The van der Waals surface area contributed by atoms with E-state index in [0.717, 1.165) is 31.5 Å². The van der Waals surface area contributed by atoms with Crippen molar-refractivity contribution in [2.75, 3.05) is 19.0 Å². The lowest BCUT2D eigenvalue weighted by Gasteiger charge is -2.24. The fourth-order valence-corrected chi connectivity index (χ4v) is 3.66. The van der Waals surface area contributed by atoms with E-state index < -0.39 is 0 Å². The zero-order chi connectivity index (χ0) is 22.1. The fourth-order valence-electron chi connectivity index (χ4n) is 3.66. The Morgan fingerprint density at radius 3 is 2.58 bits per heavy atom. The van der Waals surface area contributed by atoms with E-state index in [9.17, 15) is 4.79 Å². The van der Waals surface area contributed by atoms with Crippen LogP contribution < -0.4 is 10.1 Å². The van der Waals surface area contributed by atoms with Crippen molar-refractivity contribution in [3.63, 3.8) is 0 Å². The minimum atomic E-state index is -0.107. The molecule has 0 aliphatic rings. The number of urea groups is 1. The van der Waals surface area contributed by atoms with Gasteiger partial charge < -0.3 is 19.5 Å². The number of rotatable bonds is 10.